The van der Waals surface area contributed by atoms with Crippen LogP contribution in [0.25, 0.3) is 0 Å². The van der Waals surface area contributed by atoms with Crippen LogP contribution >= 0.6 is 23.2 Å². The molecule has 3 rings (SSSR count). The number of carbonyl (C=O) groups excluding carboxylic acids is 2. The molecule has 1 heterocycles. The minimum atomic E-state index is -0.112. The van der Waals surface area contributed by atoms with Crippen molar-refractivity contribution < 1.29 is 14.3 Å². The van der Waals surface area contributed by atoms with E-state index in [0.717, 1.165) is 11.3 Å². The van der Waals surface area contributed by atoms with Gasteiger partial charge in [-0.25, -0.2) is 0 Å². The lowest BCUT2D eigenvalue weighted by atomic mass is 10.1. The fourth-order valence-electron chi connectivity index (χ4n) is 3.35. The van der Waals surface area contributed by atoms with Crippen molar-refractivity contribution in [2.45, 2.75) is 6.54 Å². The molecule has 1 aliphatic heterocycles. The predicted octanol–water partition coefficient (Wildman–Crippen LogP) is 3.42. The Morgan fingerprint density at radius 2 is 1.70 bits per heavy atom. The molecule has 0 atom stereocenters. The van der Waals surface area contributed by atoms with Gasteiger partial charge in [0.15, 0.2) is 0 Å². The van der Waals surface area contributed by atoms with Crippen LogP contribution in [0, 0.1) is 0 Å². The number of rotatable bonds is 6. The summed E-state index contributed by atoms with van der Waals surface area (Å²) in [5.74, 6) is 0.727. The number of hydrogen-bond acceptors (Lipinski definition) is 4. The molecule has 8 heteroatoms. The summed E-state index contributed by atoms with van der Waals surface area (Å²) in [6.07, 6.45) is 0. The van der Waals surface area contributed by atoms with Crippen LogP contribution in [0.2, 0.25) is 10.0 Å². The highest BCUT2D eigenvalue weighted by atomic mass is 35.5. The van der Waals surface area contributed by atoms with E-state index in [2.05, 4.69) is 4.90 Å². The average molecular weight is 450 g/mol. The van der Waals surface area contributed by atoms with Gasteiger partial charge in [-0.15, -0.1) is 0 Å². The summed E-state index contributed by atoms with van der Waals surface area (Å²) >= 11 is 12.1. The Kier molecular flexibility index (Phi) is 7.58. The van der Waals surface area contributed by atoms with Crippen molar-refractivity contribution >= 4 is 35.0 Å². The summed E-state index contributed by atoms with van der Waals surface area (Å²) in [5.41, 5.74) is 1.49. The molecule has 0 saturated carbocycles. The van der Waals surface area contributed by atoms with Crippen LogP contribution in [-0.4, -0.2) is 73.4 Å². The maximum Gasteiger partial charge on any atom is 0.255 e. The first-order valence-electron chi connectivity index (χ1n) is 9.71. The molecule has 0 N–H and O–H groups in total. The third kappa shape index (κ3) is 5.65. The summed E-state index contributed by atoms with van der Waals surface area (Å²) in [5, 5.41) is 0.851. The number of amides is 2. The molecule has 0 aliphatic carbocycles. The summed E-state index contributed by atoms with van der Waals surface area (Å²) < 4.78 is 5.16. The first kappa shape index (κ1) is 22.4. The third-order valence-corrected chi connectivity index (χ3v) is 5.73. The van der Waals surface area contributed by atoms with Gasteiger partial charge in [-0.1, -0.05) is 35.3 Å². The maximum absolute atomic E-state index is 12.7. The van der Waals surface area contributed by atoms with Gasteiger partial charge in [-0.05, 0) is 35.9 Å². The highest BCUT2D eigenvalue weighted by molar-refractivity contribution is 6.36. The largest absolute Gasteiger partial charge is 0.497 e. The van der Waals surface area contributed by atoms with Crippen molar-refractivity contribution in [3.8, 4) is 5.75 Å². The molecule has 2 amide bonds. The van der Waals surface area contributed by atoms with Gasteiger partial charge in [-0.3, -0.25) is 14.5 Å². The van der Waals surface area contributed by atoms with Crippen molar-refractivity contribution in [2.75, 3.05) is 46.9 Å². The minimum Gasteiger partial charge on any atom is -0.497 e. The van der Waals surface area contributed by atoms with Crippen LogP contribution in [0.15, 0.2) is 42.5 Å². The van der Waals surface area contributed by atoms with Crippen molar-refractivity contribution in [1.29, 1.82) is 0 Å². The molecule has 2 aromatic rings. The lowest BCUT2D eigenvalue weighted by molar-refractivity contribution is -0.132. The summed E-state index contributed by atoms with van der Waals surface area (Å²) in [6.45, 7) is 3.24. The standard InChI is InChI=1S/C22H25Cl2N3O3/c1-25(14-16-3-6-18(30-2)7-4-16)21(28)15-26-9-11-27(12-10-26)22(29)19-8-5-17(23)13-20(19)24/h3-8,13H,9-12,14-15H2,1-2H3. The number of piperazine rings is 1. The summed E-state index contributed by atoms with van der Waals surface area (Å²) in [7, 11) is 3.43. The molecule has 1 aliphatic rings. The third-order valence-electron chi connectivity index (χ3n) is 5.18. The number of halogens is 2. The Hall–Kier alpha value is -2.28. The SMILES string of the molecule is COc1ccc(CN(C)C(=O)CN2CCN(C(=O)c3ccc(Cl)cc3Cl)CC2)cc1. The second-order valence-corrected chi connectivity index (χ2v) is 8.13. The molecule has 160 valence electrons. The van der Waals surface area contributed by atoms with E-state index in [-0.39, 0.29) is 11.8 Å². The molecule has 2 aromatic carbocycles. The second kappa shape index (κ2) is 10.2. The second-order valence-electron chi connectivity index (χ2n) is 7.29. The normalized spacial score (nSPS) is 14.5. The van der Waals surface area contributed by atoms with E-state index in [9.17, 15) is 9.59 Å². The highest BCUT2D eigenvalue weighted by Crippen LogP contribution is 2.23. The van der Waals surface area contributed by atoms with Gasteiger partial charge in [-0.2, -0.15) is 0 Å². The first-order valence-corrected chi connectivity index (χ1v) is 10.5. The van der Waals surface area contributed by atoms with Gasteiger partial charge < -0.3 is 14.5 Å². The average Bonchev–Trinajstić information content (AvgIpc) is 2.74. The van der Waals surface area contributed by atoms with Crippen LogP contribution in [0.4, 0.5) is 0 Å². The summed E-state index contributed by atoms with van der Waals surface area (Å²) in [4.78, 5) is 30.9. The number of methoxy groups -OCH3 is 1. The fourth-order valence-corrected chi connectivity index (χ4v) is 3.84. The number of ether oxygens (including phenoxy) is 1. The Labute approximate surface area is 186 Å². The number of nitrogens with zero attached hydrogens (tertiary/aromatic N) is 3. The monoisotopic (exact) mass is 449 g/mol. The number of hydrogen-bond donors (Lipinski definition) is 0. The van der Waals surface area contributed by atoms with Crippen molar-refractivity contribution in [3.63, 3.8) is 0 Å². The van der Waals surface area contributed by atoms with Gasteiger partial charge >= 0.3 is 0 Å². The Balaban J connectivity index is 1.48. The van der Waals surface area contributed by atoms with E-state index in [1.165, 1.54) is 0 Å². The van der Waals surface area contributed by atoms with Crippen LogP contribution in [0.3, 0.4) is 0 Å². The van der Waals surface area contributed by atoms with Gasteiger partial charge in [0.05, 0.1) is 24.2 Å². The zero-order valence-electron chi connectivity index (χ0n) is 17.1. The topological polar surface area (TPSA) is 53.1 Å². The molecule has 0 bridgehead atoms. The van der Waals surface area contributed by atoms with E-state index in [4.69, 9.17) is 27.9 Å². The predicted molar refractivity (Wildman–Crippen MR) is 118 cm³/mol. The molecule has 0 unspecified atom stereocenters. The first-order chi connectivity index (χ1) is 14.4. The van der Waals surface area contributed by atoms with Crippen molar-refractivity contribution in [2.24, 2.45) is 0 Å². The Bertz CT molecular complexity index is 897. The quantitative estimate of drug-likeness (QED) is 0.677. The zero-order chi connectivity index (χ0) is 21.7. The van der Waals surface area contributed by atoms with Crippen LogP contribution in [0.1, 0.15) is 15.9 Å². The lowest BCUT2D eigenvalue weighted by Gasteiger charge is -2.35. The van der Waals surface area contributed by atoms with Crippen molar-refractivity contribution in [3.05, 3.63) is 63.6 Å². The molecule has 0 radical (unpaired) electrons. The van der Waals surface area contributed by atoms with Gasteiger partial charge in [0, 0.05) is 44.8 Å². The highest BCUT2D eigenvalue weighted by Gasteiger charge is 2.25. The molecular formula is C22H25Cl2N3O3. The minimum absolute atomic E-state index is 0.0475. The number of benzene rings is 2. The molecule has 0 spiro atoms. The van der Waals surface area contributed by atoms with Crippen molar-refractivity contribution in [1.82, 2.24) is 14.7 Å². The van der Waals surface area contributed by atoms with Crippen LogP contribution in [-0.2, 0) is 11.3 Å². The smallest absolute Gasteiger partial charge is 0.255 e. The van der Waals surface area contributed by atoms with E-state index < -0.39 is 0 Å². The molecule has 0 aromatic heterocycles. The molecule has 30 heavy (non-hydrogen) atoms. The number of likely N-dealkylation sites (N-methyl/N-ethyl adjacent to an activating group) is 1. The zero-order valence-corrected chi connectivity index (χ0v) is 18.6. The van der Waals surface area contributed by atoms with Gasteiger partial charge in [0.25, 0.3) is 5.91 Å². The lowest BCUT2D eigenvalue weighted by Crippen LogP contribution is -2.51. The van der Waals surface area contributed by atoms with Crippen LogP contribution in [0.5, 0.6) is 5.75 Å². The summed E-state index contributed by atoms with van der Waals surface area (Å²) in [6, 6.07) is 12.6. The molecular weight excluding hydrogens is 425 g/mol. The number of carbonyl (C=O) groups is 2. The molecule has 1 fully saturated rings. The fraction of sp³-hybridized carbons (Fsp3) is 0.364. The van der Waals surface area contributed by atoms with Gasteiger partial charge in [0.1, 0.15) is 5.75 Å². The van der Waals surface area contributed by atoms with E-state index in [1.807, 2.05) is 24.3 Å². The van der Waals surface area contributed by atoms with Crippen LogP contribution < -0.4 is 4.74 Å². The molecule has 1 saturated heterocycles. The van der Waals surface area contributed by atoms with E-state index in [1.54, 1.807) is 42.2 Å². The Morgan fingerprint density at radius 3 is 2.30 bits per heavy atom. The molecule has 6 nitrogen and oxygen atoms in total. The van der Waals surface area contributed by atoms with E-state index in [0.29, 0.717) is 54.9 Å². The van der Waals surface area contributed by atoms with Gasteiger partial charge in [0.2, 0.25) is 5.91 Å². The Morgan fingerprint density at radius 1 is 1.03 bits per heavy atom. The maximum atomic E-state index is 12.7. The van der Waals surface area contributed by atoms with E-state index >= 15 is 0 Å².